The van der Waals surface area contributed by atoms with Crippen LogP contribution < -0.4 is 10.5 Å². The Kier molecular flexibility index (Phi) is 4.83. The number of ether oxygens (including phenoxy) is 1. The van der Waals surface area contributed by atoms with Gasteiger partial charge in [0.2, 0.25) is 0 Å². The first-order valence-corrected chi connectivity index (χ1v) is 8.20. The van der Waals surface area contributed by atoms with E-state index in [9.17, 15) is 4.21 Å². The number of rotatable bonds is 4. The molecule has 0 bridgehead atoms. The van der Waals surface area contributed by atoms with Crippen molar-refractivity contribution in [3.05, 3.63) is 52.0 Å². The van der Waals surface area contributed by atoms with Crippen molar-refractivity contribution in [3.63, 3.8) is 0 Å². The van der Waals surface area contributed by atoms with Gasteiger partial charge in [-0.05, 0) is 36.8 Å². The minimum absolute atomic E-state index is 0.371. The van der Waals surface area contributed by atoms with Crippen LogP contribution in [0.4, 0.5) is 5.69 Å². The molecule has 0 saturated heterocycles. The number of nitrogens with two attached hydrogens (primary N) is 1. The highest BCUT2D eigenvalue weighted by atomic mass is 79.9. The van der Waals surface area contributed by atoms with E-state index < -0.39 is 10.8 Å². The minimum atomic E-state index is -1.20. The van der Waals surface area contributed by atoms with E-state index in [1.807, 2.05) is 43.3 Å². The zero-order valence-corrected chi connectivity index (χ0v) is 13.8. The van der Waals surface area contributed by atoms with Gasteiger partial charge in [-0.2, -0.15) is 0 Å². The summed E-state index contributed by atoms with van der Waals surface area (Å²) in [7, 11) is 0.406. The number of halogens is 1. The number of anilines is 1. The average molecular weight is 354 g/mol. The molecule has 2 aromatic rings. The van der Waals surface area contributed by atoms with Crippen LogP contribution in [0.25, 0.3) is 0 Å². The van der Waals surface area contributed by atoms with Gasteiger partial charge >= 0.3 is 0 Å². The van der Waals surface area contributed by atoms with Gasteiger partial charge in [-0.15, -0.1) is 0 Å². The molecule has 0 aliphatic carbocycles. The minimum Gasteiger partial charge on any atom is -0.496 e. The molecule has 106 valence electrons. The second kappa shape index (κ2) is 6.41. The summed E-state index contributed by atoms with van der Waals surface area (Å²) in [5.74, 6) is 1.10. The molecular formula is C15H16BrNO2S. The highest BCUT2D eigenvalue weighted by Gasteiger charge is 2.13. The number of nitrogen functional groups attached to an aromatic ring is 1. The molecule has 5 heteroatoms. The van der Waals surface area contributed by atoms with E-state index in [0.717, 1.165) is 21.3 Å². The largest absolute Gasteiger partial charge is 0.496 e. The Hall–Kier alpha value is -1.33. The molecule has 0 amide bonds. The Morgan fingerprint density at radius 1 is 1.30 bits per heavy atom. The van der Waals surface area contributed by atoms with Gasteiger partial charge in [0.05, 0.1) is 34.2 Å². The fourth-order valence-corrected chi connectivity index (χ4v) is 3.64. The van der Waals surface area contributed by atoms with Gasteiger partial charge in [-0.3, -0.25) is 4.21 Å². The van der Waals surface area contributed by atoms with Crippen molar-refractivity contribution >= 4 is 32.4 Å². The van der Waals surface area contributed by atoms with Crippen molar-refractivity contribution < 1.29 is 8.95 Å². The first kappa shape index (κ1) is 15.1. The van der Waals surface area contributed by atoms with E-state index in [4.69, 9.17) is 10.5 Å². The van der Waals surface area contributed by atoms with Crippen molar-refractivity contribution in [2.24, 2.45) is 0 Å². The van der Waals surface area contributed by atoms with Crippen LogP contribution in [-0.4, -0.2) is 11.3 Å². The first-order chi connectivity index (χ1) is 9.52. The van der Waals surface area contributed by atoms with Gasteiger partial charge in [-0.25, -0.2) is 0 Å². The van der Waals surface area contributed by atoms with Gasteiger partial charge < -0.3 is 10.5 Å². The standard InChI is InChI=1S/C15H16BrNO2S/c1-10-4-3-5-14(15(10)17)20(18)9-11-8-12(16)6-7-13(11)19-2/h3-8H,9,17H2,1-2H3. The predicted octanol–water partition coefficient (Wildman–Crippen LogP) is 3.66. The number of hydrogen-bond donors (Lipinski definition) is 1. The number of methoxy groups -OCH3 is 1. The van der Waals surface area contributed by atoms with Gasteiger partial charge in [-0.1, -0.05) is 28.1 Å². The van der Waals surface area contributed by atoms with Gasteiger partial charge in [0.15, 0.2) is 0 Å². The zero-order valence-electron chi connectivity index (χ0n) is 11.4. The van der Waals surface area contributed by atoms with Crippen LogP contribution >= 0.6 is 15.9 Å². The summed E-state index contributed by atoms with van der Waals surface area (Å²) in [4.78, 5) is 0.673. The molecule has 2 rings (SSSR count). The fourth-order valence-electron chi connectivity index (χ4n) is 1.93. The van der Waals surface area contributed by atoms with Gasteiger partial charge in [0, 0.05) is 10.0 Å². The molecule has 1 unspecified atom stereocenters. The molecule has 0 fully saturated rings. The maximum Gasteiger partial charge on any atom is 0.123 e. The lowest BCUT2D eigenvalue weighted by Crippen LogP contribution is -2.03. The molecule has 0 radical (unpaired) electrons. The predicted molar refractivity (Wildman–Crippen MR) is 86.4 cm³/mol. The Labute approximate surface area is 129 Å². The summed E-state index contributed by atoms with van der Waals surface area (Å²) in [6.07, 6.45) is 0. The number of para-hydroxylation sites is 1. The monoisotopic (exact) mass is 353 g/mol. The fraction of sp³-hybridized carbons (Fsp3) is 0.200. The topological polar surface area (TPSA) is 52.3 Å². The first-order valence-electron chi connectivity index (χ1n) is 6.09. The van der Waals surface area contributed by atoms with Crippen LogP contribution in [-0.2, 0) is 16.6 Å². The van der Waals surface area contributed by atoms with E-state index in [2.05, 4.69) is 15.9 Å². The van der Waals surface area contributed by atoms with E-state index in [1.54, 1.807) is 7.11 Å². The summed E-state index contributed by atoms with van der Waals surface area (Å²) in [6, 6.07) is 11.3. The lowest BCUT2D eigenvalue weighted by molar-refractivity contribution is 0.411. The van der Waals surface area contributed by atoms with Crippen molar-refractivity contribution in [1.82, 2.24) is 0 Å². The molecule has 0 spiro atoms. The molecule has 2 N–H and O–H groups in total. The summed E-state index contributed by atoms with van der Waals surface area (Å²) < 4.78 is 18.8. The van der Waals surface area contributed by atoms with Crippen LogP contribution in [0.15, 0.2) is 45.8 Å². The smallest absolute Gasteiger partial charge is 0.123 e. The molecule has 0 aromatic heterocycles. The highest BCUT2D eigenvalue weighted by molar-refractivity contribution is 9.10. The zero-order chi connectivity index (χ0) is 14.7. The number of hydrogen-bond acceptors (Lipinski definition) is 3. The van der Waals surface area contributed by atoms with Crippen molar-refractivity contribution in [3.8, 4) is 5.75 Å². The molecule has 3 nitrogen and oxygen atoms in total. The van der Waals surface area contributed by atoms with Crippen LogP contribution in [0, 0.1) is 6.92 Å². The van der Waals surface area contributed by atoms with Gasteiger partial charge in [0.25, 0.3) is 0 Å². The van der Waals surface area contributed by atoms with Crippen LogP contribution in [0.2, 0.25) is 0 Å². The molecule has 20 heavy (non-hydrogen) atoms. The number of benzene rings is 2. The number of aryl methyl sites for hydroxylation is 1. The van der Waals surface area contributed by atoms with Crippen LogP contribution in [0.5, 0.6) is 5.75 Å². The third kappa shape index (κ3) is 3.22. The molecule has 2 aromatic carbocycles. The maximum atomic E-state index is 12.5. The SMILES string of the molecule is COc1ccc(Br)cc1CS(=O)c1cccc(C)c1N. The van der Waals surface area contributed by atoms with Gasteiger partial charge in [0.1, 0.15) is 5.75 Å². The molecule has 0 saturated carbocycles. The van der Waals surface area contributed by atoms with Crippen molar-refractivity contribution in [2.45, 2.75) is 17.6 Å². The summed E-state index contributed by atoms with van der Waals surface area (Å²) in [5, 5.41) is 0. The van der Waals surface area contributed by atoms with E-state index in [1.165, 1.54) is 0 Å². The van der Waals surface area contributed by atoms with E-state index in [0.29, 0.717) is 16.3 Å². The van der Waals surface area contributed by atoms with E-state index >= 15 is 0 Å². The molecule has 1 atom stereocenters. The molecule has 0 aliphatic rings. The molecule has 0 heterocycles. The van der Waals surface area contributed by atoms with Crippen molar-refractivity contribution in [1.29, 1.82) is 0 Å². The Morgan fingerprint density at radius 3 is 2.75 bits per heavy atom. The van der Waals surface area contributed by atoms with Crippen LogP contribution in [0.3, 0.4) is 0 Å². The Bertz CT molecular complexity index is 658. The second-order valence-electron chi connectivity index (χ2n) is 4.43. The van der Waals surface area contributed by atoms with Crippen LogP contribution in [0.1, 0.15) is 11.1 Å². The second-order valence-corrected chi connectivity index (χ2v) is 6.77. The lowest BCUT2D eigenvalue weighted by Gasteiger charge is -2.11. The summed E-state index contributed by atoms with van der Waals surface area (Å²) in [5.41, 5.74) is 8.43. The lowest BCUT2D eigenvalue weighted by atomic mass is 10.2. The summed E-state index contributed by atoms with van der Waals surface area (Å²) in [6.45, 7) is 1.91. The third-order valence-electron chi connectivity index (χ3n) is 3.06. The average Bonchev–Trinajstić information content (AvgIpc) is 2.42. The summed E-state index contributed by atoms with van der Waals surface area (Å²) >= 11 is 3.42. The quantitative estimate of drug-likeness (QED) is 0.853. The van der Waals surface area contributed by atoms with E-state index in [-0.39, 0.29) is 0 Å². The van der Waals surface area contributed by atoms with Crippen molar-refractivity contribution in [2.75, 3.05) is 12.8 Å². The Morgan fingerprint density at radius 2 is 2.05 bits per heavy atom. The maximum absolute atomic E-state index is 12.5. The molecule has 0 aliphatic heterocycles. The Balaban J connectivity index is 2.32. The third-order valence-corrected chi connectivity index (χ3v) is 4.97. The normalized spacial score (nSPS) is 12.2. The highest BCUT2D eigenvalue weighted by Crippen LogP contribution is 2.28. The molecular weight excluding hydrogens is 338 g/mol.